The molecule has 1 aliphatic rings. The Balaban J connectivity index is 1.60. The highest BCUT2D eigenvalue weighted by Crippen LogP contribution is 2.32. The number of carbonyl (C=O) groups excluding carboxylic acids is 2. The van der Waals surface area contributed by atoms with Gasteiger partial charge < -0.3 is 19.7 Å². The van der Waals surface area contributed by atoms with Gasteiger partial charge in [0.2, 0.25) is 5.91 Å². The molecule has 0 unspecified atom stereocenters. The average Bonchev–Trinajstić information content (AvgIpc) is 2.62. The fourth-order valence-electron chi connectivity index (χ4n) is 2.84. The fraction of sp³-hybridized carbons (Fsp3) is 0.333. The number of aryl methyl sites for hydroxylation is 1. The van der Waals surface area contributed by atoms with Crippen molar-refractivity contribution in [2.24, 2.45) is 0 Å². The number of rotatable bonds is 7. The number of nitrogens with one attached hydrogen (secondary N) is 1. The summed E-state index contributed by atoms with van der Waals surface area (Å²) in [7, 11) is 0. The summed E-state index contributed by atoms with van der Waals surface area (Å²) in [5.74, 6) is 0.711. The molecule has 0 saturated heterocycles. The Morgan fingerprint density at radius 2 is 2.00 bits per heavy atom. The van der Waals surface area contributed by atoms with Crippen molar-refractivity contribution in [2.75, 3.05) is 29.9 Å². The van der Waals surface area contributed by atoms with Gasteiger partial charge >= 0.3 is 5.97 Å². The molecular formula is C21H24N2O4. The van der Waals surface area contributed by atoms with Crippen LogP contribution in [0.2, 0.25) is 0 Å². The summed E-state index contributed by atoms with van der Waals surface area (Å²) < 4.78 is 10.9. The lowest BCUT2D eigenvalue weighted by Gasteiger charge is -2.29. The van der Waals surface area contributed by atoms with Crippen LogP contribution in [0.1, 0.15) is 25.3 Å². The van der Waals surface area contributed by atoms with Crippen LogP contribution >= 0.6 is 0 Å². The topological polar surface area (TPSA) is 67.9 Å². The van der Waals surface area contributed by atoms with E-state index in [1.54, 1.807) is 23.1 Å². The van der Waals surface area contributed by atoms with Crippen molar-refractivity contribution in [1.82, 2.24) is 0 Å². The largest absolute Gasteiger partial charge is 0.494 e. The number of unbranched alkanes of at least 4 members (excludes halogenated alkanes) is 1. The molecule has 1 amide bonds. The minimum Gasteiger partial charge on any atom is -0.494 e. The van der Waals surface area contributed by atoms with Crippen LogP contribution < -0.4 is 19.7 Å². The molecule has 0 radical (unpaired) electrons. The Hall–Kier alpha value is -3.02. The monoisotopic (exact) mass is 368 g/mol. The van der Waals surface area contributed by atoms with Crippen molar-refractivity contribution < 1.29 is 19.1 Å². The first-order valence-corrected chi connectivity index (χ1v) is 9.14. The maximum Gasteiger partial charge on any atom is 0.331 e. The number of hydrogen-bond donors (Lipinski definition) is 1. The second-order valence-corrected chi connectivity index (χ2v) is 6.58. The third-order valence-electron chi connectivity index (χ3n) is 4.24. The van der Waals surface area contributed by atoms with Crippen LogP contribution in [0, 0.1) is 6.92 Å². The van der Waals surface area contributed by atoms with E-state index in [4.69, 9.17) is 9.47 Å². The smallest absolute Gasteiger partial charge is 0.331 e. The Bertz CT molecular complexity index is 817. The van der Waals surface area contributed by atoms with E-state index >= 15 is 0 Å². The van der Waals surface area contributed by atoms with Crippen molar-refractivity contribution >= 4 is 23.3 Å². The van der Waals surface area contributed by atoms with Crippen LogP contribution in [0.5, 0.6) is 11.5 Å². The fourth-order valence-corrected chi connectivity index (χ4v) is 2.84. The number of benzene rings is 2. The summed E-state index contributed by atoms with van der Waals surface area (Å²) >= 11 is 0. The van der Waals surface area contributed by atoms with Crippen LogP contribution in [0.3, 0.4) is 0 Å². The van der Waals surface area contributed by atoms with Gasteiger partial charge in [0.05, 0.1) is 18.8 Å². The Kier molecular flexibility index (Phi) is 5.96. The summed E-state index contributed by atoms with van der Waals surface area (Å²) in [4.78, 5) is 26.0. The summed E-state index contributed by atoms with van der Waals surface area (Å²) in [6.45, 7) is 4.85. The Morgan fingerprint density at radius 1 is 1.22 bits per heavy atom. The van der Waals surface area contributed by atoms with E-state index in [0.29, 0.717) is 18.0 Å². The zero-order chi connectivity index (χ0) is 19.2. The van der Waals surface area contributed by atoms with Gasteiger partial charge in [-0.1, -0.05) is 19.4 Å². The van der Waals surface area contributed by atoms with E-state index in [1.807, 2.05) is 31.2 Å². The third kappa shape index (κ3) is 5.00. The summed E-state index contributed by atoms with van der Waals surface area (Å²) in [6.07, 6.45) is 2.10. The van der Waals surface area contributed by atoms with Gasteiger partial charge in [-0.15, -0.1) is 0 Å². The molecule has 27 heavy (non-hydrogen) atoms. The first-order valence-electron chi connectivity index (χ1n) is 9.14. The van der Waals surface area contributed by atoms with Gasteiger partial charge in [-0.25, -0.2) is 4.79 Å². The van der Waals surface area contributed by atoms with Crippen LogP contribution in [-0.4, -0.2) is 31.6 Å². The van der Waals surface area contributed by atoms with Gasteiger partial charge in [0.15, 0.2) is 5.75 Å². The second kappa shape index (κ2) is 8.58. The summed E-state index contributed by atoms with van der Waals surface area (Å²) in [5.41, 5.74) is 2.43. The van der Waals surface area contributed by atoms with Crippen LogP contribution in [0.15, 0.2) is 42.5 Å². The number of carbonyl (C=O) groups is 2. The van der Waals surface area contributed by atoms with E-state index in [9.17, 15) is 9.59 Å². The molecule has 0 bridgehead atoms. The molecule has 6 nitrogen and oxygen atoms in total. The van der Waals surface area contributed by atoms with Crippen molar-refractivity contribution in [3.05, 3.63) is 48.0 Å². The van der Waals surface area contributed by atoms with Crippen LogP contribution in [0.4, 0.5) is 11.4 Å². The molecule has 0 aliphatic carbocycles. The number of fused-ring (bicyclic) bond motifs is 1. The molecule has 6 heteroatoms. The lowest BCUT2D eigenvalue weighted by molar-refractivity contribution is -0.133. The molecule has 2 aromatic carbocycles. The summed E-state index contributed by atoms with van der Waals surface area (Å²) in [5, 5.41) is 2.85. The van der Waals surface area contributed by atoms with Crippen molar-refractivity contribution in [1.29, 1.82) is 0 Å². The van der Waals surface area contributed by atoms with Gasteiger partial charge in [0.1, 0.15) is 12.3 Å². The van der Waals surface area contributed by atoms with Gasteiger partial charge in [0.25, 0.3) is 0 Å². The summed E-state index contributed by atoms with van der Waals surface area (Å²) in [6, 6.07) is 12.9. The number of nitrogens with zero attached hydrogens (tertiary/aromatic N) is 1. The molecule has 2 aromatic rings. The lowest BCUT2D eigenvalue weighted by atomic mass is 10.1. The lowest BCUT2D eigenvalue weighted by Crippen LogP contribution is -2.41. The quantitative estimate of drug-likeness (QED) is 0.460. The van der Waals surface area contributed by atoms with Crippen LogP contribution in [-0.2, 0) is 9.59 Å². The molecule has 0 aromatic heterocycles. The molecule has 3 rings (SSSR count). The minimum absolute atomic E-state index is 0.0493. The highest BCUT2D eigenvalue weighted by molar-refractivity contribution is 5.96. The molecule has 1 aliphatic heterocycles. The first kappa shape index (κ1) is 18.8. The Morgan fingerprint density at radius 3 is 2.74 bits per heavy atom. The van der Waals surface area contributed by atoms with Crippen LogP contribution in [0.25, 0.3) is 0 Å². The van der Waals surface area contributed by atoms with Gasteiger partial charge in [-0.05, 0) is 55.3 Å². The molecule has 0 saturated carbocycles. The minimum atomic E-state index is -0.366. The maximum absolute atomic E-state index is 12.4. The SMILES string of the molecule is CCCCOc1ccc(NC(=O)CN2CC(=O)Oc3cc(C)ccc32)cc1. The molecule has 0 spiro atoms. The van der Waals surface area contributed by atoms with E-state index < -0.39 is 0 Å². The predicted molar refractivity (Wildman–Crippen MR) is 105 cm³/mol. The van der Waals surface area contributed by atoms with Crippen molar-refractivity contribution in [3.63, 3.8) is 0 Å². The van der Waals surface area contributed by atoms with E-state index in [1.165, 1.54) is 0 Å². The zero-order valence-electron chi connectivity index (χ0n) is 15.7. The average molecular weight is 368 g/mol. The van der Waals surface area contributed by atoms with E-state index in [2.05, 4.69) is 12.2 Å². The van der Waals surface area contributed by atoms with E-state index in [-0.39, 0.29) is 25.0 Å². The highest BCUT2D eigenvalue weighted by Gasteiger charge is 2.25. The molecule has 0 fully saturated rings. The van der Waals surface area contributed by atoms with Gasteiger partial charge in [-0.2, -0.15) is 0 Å². The predicted octanol–water partition coefficient (Wildman–Crippen LogP) is 3.54. The number of ether oxygens (including phenoxy) is 2. The van der Waals surface area contributed by atoms with Crippen molar-refractivity contribution in [3.8, 4) is 11.5 Å². The molecular weight excluding hydrogens is 344 g/mol. The zero-order valence-corrected chi connectivity index (χ0v) is 15.7. The first-order chi connectivity index (χ1) is 13.0. The normalized spacial score (nSPS) is 13.0. The molecule has 142 valence electrons. The van der Waals surface area contributed by atoms with Gasteiger partial charge in [0, 0.05) is 5.69 Å². The number of anilines is 2. The standard InChI is InChI=1S/C21H24N2O4/c1-3-4-11-26-17-8-6-16(7-9-17)22-20(24)13-23-14-21(25)27-19-12-15(2)5-10-18(19)23/h5-10,12H,3-4,11,13-14H2,1-2H3,(H,22,24). The highest BCUT2D eigenvalue weighted by atomic mass is 16.5. The Labute approximate surface area is 159 Å². The number of esters is 1. The number of amides is 1. The molecule has 1 heterocycles. The third-order valence-corrected chi connectivity index (χ3v) is 4.24. The second-order valence-electron chi connectivity index (χ2n) is 6.58. The molecule has 0 atom stereocenters. The van der Waals surface area contributed by atoms with E-state index in [0.717, 1.165) is 29.8 Å². The molecule has 1 N–H and O–H groups in total. The number of hydrogen-bond acceptors (Lipinski definition) is 5. The maximum atomic E-state index is 12.4. The van der Waals surface area contributed by atoms with Crippen molar-refractivity contribution in [2.45, 2.75) is 26.7 Å². The van der Waals surface area contributed by atoms with Gasteiger partial charge in [-0.3, -0.25) is 4.79 Å².